The van der Waals surface area contributed by atoms with Gasteiger partial charge < -0.3 is 26.8 Å². The Morgan fingerprint density at radius 2 is 1.48 bits per heavy atom. The minimum absolute atomic E-state index is 0.0528. The number of benzene rings is 1. The van der Waals surface area contributed by atoms with Crippen LogP contribution in [0, 0.1) is 5.92 Å². The molecule has 0 saturated carbocycles. The first-order valence-corrected chi connectivity index (χ1v) is 10.7. The predicted molar refractivity (Wildman–Crippen MR) is 121 cm³/mol. The van der Waals surface area contributed by atoms with Gasteiger partial charge in [0.05, 0.1) is 6.04 Å². The van der Waals surface area contributed by atoms with Gasteiger partial charge in [0.15, 0.2) is 0 Å². The lowest BCUT2D eigenvalue weighted by Gasteiger charge is -2.24. The summed E-state index contributed by atoms with van der Waals surface area (Å²) in [4.78, 5) is 48.7. The molecule has 0 aliphatic rings. The molecule has 0 fully saturated rings. The van der Waals surface area contributed by atoms with Crippen molar-refractivity contribution in [3.05, 3.63) is 35.9 Å². The van der Waals surface area contributed by atoms with E-state index < -0.39 is 47.9 Å². The standard InChI is InChI=1S/C21H32N4O5S/c1-12(2)9-15(22)18(26)24-16(10-14-7-5-4-6-8-14)19(27)25-17(11-31)20(28)23-13(3)21(29)30/h4-8,12-13,15-17,31H,9-11,22H2,1-3H3,(H,23,28)(H,24,26)(H,25,27)(H,29,30). The van der Waals surface area contributed by atoms with Gasteiger partial charge in [0.2, 0.25) is 17.7 Å². The van der Waals surface area contributed by atoms with Gasteiger partial charge in [-0.2, -0.15) is 12.6 Å². The molecule has 1 aromatic rings. The van der Waals surface area contributed by atoms with E-state index >= 15 is 0 Å². The first-order valence-electron chi connectivity index (χ1n) is 10.1. The molecule has 0 aliphatic heterocycles. The van der Waals surface area contributed by atoms with Crippen LogP contribution in [0.1, 0.15) is 32.8 Å². The van der Waals surface area contributed by atoms with Crippen molar-refractivity contribution in [3.63, 3.8) is 0 Å². The van der Waals surface area contributed by atoms with Crippen LogP contribution in [0.5, 0.6) is 0 Å². The number of carbonyl (C=O) groups excluding carboxylic acids is 3. The summed E-state index contributed by atoms with van der Waals surface area (Å²) in [5.41, 5.74) is 6.75. The number of carbonyl (C=O) groups is 4. The van der Waals surface area contributed by atoms with E-state index in [2.05, 4.69) is 28.6 Å². The molecule has 9 nitrogen and oxygen atoms in total. The van der Waals surface area contributed by atoms with Crippen LogP contribution < -0.4 is 21.7 Å². The highest BCUT2D eigenvalue weighted by atomic mass is 32.1. The summed E-state index contributed by atoms with van der Waals surface area (Å²) >= 11 is 4.08. The van der Waals surface area contributed by atoms with Gasteiger partial charge in [-0.3, -0.25) is 19.2 Å². The normalized spacial score (nSPS) is 14.8. The summed E-state index contributed by atoms with van der Waals surface area (Å²) in [7, 11) is 0. The quantitative estimate of drug-likeness (QED) is 0.247. The molecule has 4 unspecified atom stereocenters. The zero-order valence-corrected chi connectivity index (χ0v) is 18.9. The third-order valence-corrected chi connectivity index (χ3v) is 4.89. The van der Waals surface area contributed by atoms with E-state index in [1.165, 1.54) is 6.92 Å². The van der Waals surface area contributed by atoms with Crippen LogP contribution in [0.3, 0.4) is 0 Å². The number of aliphatic carboxylic acids is 1. The second-order valence-electron chi connectivity index (χ2n) is 7.80. The molecule has 1 rings (SSSR count). The van der Waals surface area contributed by atoms with Crippen molar-refractivity contribution >= 4 is 36.3 Å². The number of carboxylic acids is 1. The van der Waals surface area contributed by atoms with Crippen LogP contribution in [0.15, 0.2) is 30.3 Å². The number of hydrogen-bond donors (Lipinski definition) is 6. The highest BCUT2D eigenvalue weighted by molar-refractivity contribution is 7.80. The van der Waals surface area contributed by atoms with Crippen molar-refractivity contribution in [1.82, 2.24) is 16.0 Å². The number of thiol groups is 1. The summed E-state index contributed by atoms with van der Waals surface area (Å²) in [5, 5.41) is 16.5. The van der Waals surface area contributed by atoms with Gasteiger partial charge in [-0.15, -0.1) is 0 Å². The molecule has 1 aromatic carbocycles. The summed E-state index contributed by atoms with van der Waals surface area (Å²) in [6.07, 6.45) is 0.652. The van der Waals surface area contributed by atoms with Gasteiger partial charge in [-0.1, -0.05) is 44.2 Å². The van der Waals surface area contributed by atoms with Gasteiger partial charge in [0.25, 0.3) is 0 Å². The molecule has 6 N–H and O–H groups in total. The molecular formula is C21H32N4O5S. The molecule has 0 aromatic heterocycles. The van der Waals surface area contributed by atoms with Gasteiger partial charge in [-0.05, 0) is 24.8 Å². The average Bonchev–Trinajstić information content (AvgIpc) is 2.71. The number of nitrogens with two attached hydrogens (primary N) is 1. The molecule has 31 heavy (non-hydrogen) atoms. The predicted octanol–water partition coefficient (Wildman–Crippen LogP) is 0.0912. The lowest BCUT2D eigenvalue weighted by molar-refractivity contribution is -0.141. The topological polar surface area (TPSA) is 151 Å². The van der Waals surface area contributed by atoms with Crippen LogP contribution in [0.2, 0.25) is 0 Å². The Bertz CT molecular complexity index is 759. The molecule has 0 spiro atoms. The molecule has 0 radical (unpaired) electrons. The Morgan fingerprint density at radius 1 is 0.935 bits per heavy atom. The maximum atomic E-state index is 12.9. The molecule has 4 atom stereocenters. The van der Waals surface area contributed by atoms with Gasteiger partial charge in [0, 0.05) is 12.2 Å². The summed E-state index contributed by atoms with van der Waals surface area (Å²) < 4.78 is 0. The van der Waals surface area contributed by atoms with E-state index in [9.17, 15) is 19.2 Å². The third kappa shape index (κ3) is 9.39. The summed E-state index contributed by atoms with van der Waals surface area (Å²) in [5.74, 6) is -2.79. The number of carboxylic acid groups (broad SMARTS) is 1. The fourth-order valence-electron chi connectivity index (χ4n) is 2.79. The largest absolute Gasteiger partial charge is 0.480 e. The Labute approximate surface area is 187 Å². The van der Waals surface area contributed by atoms with E-state index in [1.54, 1.807) is 0 Å². The zero-order chi connectivity index (χ0) is 23.6. The van der Waals surface area contributed by atoms with Gasteiger partial charge in [-0.25, -0.2) is 0 Å². The van der Waals surface area contributed by atoms with Crippen LogP contribution in [0.4, 0.5) is 0 Å². The SMILES string of the molecule is CC(C)CC(N)C(=O)NC(Cc1ccccc1)C(=O)NC(CS)C(=O)NC(C)C(=O)O. The van der Waals surface area contributed by atoms with Crippen molar-refractivity contribution in [3.8, 4) is 0 Å². The fraction of sp³-hybridized carbons (Fsp3) is 0.524. The number of rotatable bonds is 12. The van der Waals surface area contributed by atoms with E-state index in [0.717, 1.165) is 5.56 Å². The Hall–Kier alpha value is -2.59. The minimum Gasteiger partial charge on any atom is -0.480 e. The minimum atomic E-state index is -1.20. The van der Waals surface area contributed by atoms with Crippen molar-refractivity contribution in [1.29, 1.82) is 0 Å². The highest BCUT2D eigenvalue weighted by Crippen LogP contribution is 2.07. The Balaban J connectivity index is 2.94. The Morgan fingerprint density at radius 3 is 2.00 bits per heavy atom. The number of amides is 3. The second kappa shape index (κ2) is 13.0. The maximum Gasteiger partial charge on any atom is 0.325 e. The summed E-state index contributed by atoms with van der Waals surface area (Å²) in [6, 6.07) is 5.15. The van der Waals surface area contributed by atoms with Crippen LogP contribution in [-0.4, -0.2) is 58.7 Å². The molecule has 172 valence electrons. The third-order valence-electron chi connectivity index (χ3n) is 4.52. The number of nitrogens with one attached hydrogen (secondary N) is 3. The average molecular weight is 453 g/mol. The van der Waals surface area contributed by atoms with Crippen LogP contribution in [-0.2, 0) is 25.6 Å². The lowest BCUT2D eigenvalue weighted by atomic mass is 10.0. The van der Waals surface area contributed by atoms with E-state index in [4.69, 9.17) is 10.8 Å². The van der Waals surface area contributed by atoms with Crippen molar-refractivity contribution in [2.75, 3.05) is 5.75 Å². The van der Waals surface area contributed by atoms with Crippen LogP contribution >= 0.6 is 12.6 Å². The molecule has 10 heteroatoms. The highest BCUT2D eigenvalue weighted by Gasteiger charge is 2.29. The van der Waals surface area contributed by atoms with Gasteiger partial charge in [0.1, 0.15) is 18.1 Å². The lowest BCUT2D eigenvalue weighted by Crippen LogP contribution is -2.58. The zero-order valence-electron chi connectivity index (χ0n) is 18.0. The van der Waals surface area contributed by atoms with Crippen molar-refractivity contribution in [2.24, 2.45) is 11.7 Å². The first-order chi connectivity index (χ1) is 14.5. The monoisotopic (exact) mass is 452 g/mol. The maximum absolute atomic E-state index is 12.9. The first kappa shape index (κ1) is 26.4. The summed E-state index contributed by atoms with van der Waals surface area (Å²) in [6.45, 7) is 5.19. The number of hydrogen-bond acceptors (Lipinski definition) is 6. The van der Waals surface area contributed by atoms with E-state index in [0.29, 0.717) is 6.42 Å². The van der Waals surface area contributed by atoms with Crippen molar-refractivity contribution < 1.29 is 24.3 Å². The van der Waals surface area contributed by atoms with E-state index in [1.807, 2.05) is 44.2 Å². The van der Waals surface area contributed by atoms with E-state index in [-0.39, 0.29) is 18.1 Å². The molecule has 0 aliphatic carbocycles. The van der Waals surface area contributed by atoms with Gasteiger partial charge >= 0.3 is 5.97 Å². The Kier molecular flexibility index (Phi) is 11.1. The molecular weight excluding hydrogens is 420 g/mol. The molecule has 3 amide bonds. The molecule has 0 heterocycles. The molecule has 0 saturated heterocycles. The van der Waals surface area contributed by atoms with Crippen molar-refractivity contribution in [2.45, 2.75) is 57.8 Å². The molecule has 0 bridgehead atoms. The second-order valence-corrected chi connectivity index (χ2v) is 8.16. The fourth-order valence-corrected chi connectivity index (χ4v) is 3.05. The smallest absolute Gasteiger partial charge is 0.325 e. The van der Waals surface area contributed by atoms with Crippen LogP contribution in [0.25, 0.3) is 0 Å².